The largest absolute Gasteiger partial charge is 0.493 e. The molecule has 0 aromatic heterocycles. The van der Waals surface area contributed by atoms with Gasteiger partial charge in [0, 0.05) is 6.54 Å². The number of amides is 2. The molecular weight excluding hydrogens is 348 g/mol. The Morgan fingerprint density at radius 3 is 2.56 bits per heavy atom. The smallest absolute Gasteiger partial charge is 0.335 e. The number of hydrogen-bond acceptors (Lipinski definition) is 4. The van der Waals surface area contributed by atoms with E-state index >= 15 is 0 Å². The zero-order valence-corrected chi connectivity index (χ0v) is 15.0. The van der Waals surface area contributed by atoms with Crippen LogP contribution < -0.4 is 15.4 Å². The van der Waals surface area contributed by atoms with Crippen molar-refractivity contribution in [2.24, 2.45) is 0 Å². The first kappa shape index (κ1) is 20.0. The van der Waals surface area contributed by atoms with Gasteiger partial charge in [0.1, 0.15) is 5.75 Å². The number of rotatable bonds is 9. The minimum Gasteiger partial charge on any atom is -0.493 e. The second-order valence-electron chi connectivity index (χ2n) is 5.72. The Hall–Kier alpha value is -3.35. The molecule has 27 heavy (non-hydrogen) atoms. The highest BCUT2D eigenvalue weighted by Crippen LogP contribution is 2.17. The molecule has 0 saturated heterocycles. The molecule has 0 bridgehead atoms. The van der Waals surface area contributed by atoms with Crippen molar-refractivity contribution in [3.63, 3.8) is 0 Å². The molecule has 0 aliphatic rings. The molecule has 0 atom stereocenters. The molecule has 0 aliphatic carbocycles. The van der Waals surface area contributed by atoms with Crippen LogP contribution in [0.1, 0.15) is 33.2 Å². The maximum Gasteiger partial charge on any atom is 0.335 e. The Morgan fingerprint density at radius 1 is 1.04 bits per heavy atom. The zero-order valence-electron chi connectivity index (χ0n) is 15.0. The van der Waals surface area contributed by atoms with Gasteiger partial charge in [-0.2, -0.15) is 0 Å². The summed E-state index contributed by atoms with van der Waals surface area (Å²) >= 11 is 0. The molecule has 0 spiro atoms. The van der Waals surface area contributed by atoms with Crippen molar-refractivity contribution in [2.75, 3.05) is 19.7 Å². The molecule has 7 heteroatoms. The number of carboxylic acids is 1. The number of ether oxygens (including phenoxy) is 1. The number of carbonyl (C=O) groups excluding carboxylic acids is 2. The lowest BCUT2D eigenvalue weighted by Crippen LogP contribution is -2.37. The minimum absolute atomic E-state index is 0.158. The topological polar surface area (TPSA) is 105 Å². The van der Waals surface area contributed by atoms with Gasteiger partial charge in [0.05, 0.1) is 24.3 Å². The lowest BCUT2D eigenvalue weighted by molar-refractivity contribution is -0.120. The van der Waals surface area contributed by atoms with Crippen molar-refractivity contribution in [2.45, 2.75) is 13.3 Å². The van der Waals surface area contributed by atoms with Crippen molar-refractivity contribution >= 4 is 17.8 Å². The van der Waals surface area contributed by atoms with Gasteiger partial charge in [-0.05, 0) is 43.2 Å². The first-order valence-electron chi connectivity index (χ1n) is 8.60. The van der Waals surface area contributed by atoms with Crippen LogP contribution in [0.3, 0.4) is 0 Å². The molecule has 2 rings (SSSR count). The minimum atomic E-state index is -0.990. The highest BCUT2D eigenvalue weighted by molar-refractivity contribution is 5.98. The molecule has 2 amide bonds. The summed E-state index contributed by atoms with van der Waals surface area (Å²) in [6.45, 7) is 2.45. The van der Waals surface area contributed by atoms with Crippen LogP contribution in [0.2, 0.25) is 0 Å². The summed E-state index contributed by atoms with van der Waals surface area (Å²) in [7, 11) is 0. The summed E-state index contributed by atoms with van der Waals surface area (Å²) in [6.07, 6.45) is 0.494. The predicted molar refractivity (Wildman–Crippen MR) is 100 cm³/mol. The van der Waals surface area contributed by atoms with E-state index in [1.165, 1.54) is 6.07 Å². The molecule has 2 aromatic carbocycles. The van der Waals surface area contributed by atoms with E-state index in [0.717, 1.165) is 5.56 Å². The maximum absolute atomic E-state index is 12.2. The third-order valence-corrected chi connectivity index (χ3v) is 3.75. The van der Waals surface area contributed by atoms with Crippen molar-refractivity contribution in [3.8, 4) is 5.75 Å². The summed E-state index contributed by atoms with van der Waals surface area (Å²) in [6, 6.07) is 13.4. The number of para-hydroxylation sites is 1. The highest BCUT2D eigenvalue weighted by atomic mass is 16.5. The maximum atomic E-state index is 12.2. The first-order valence-corrected chi connectivity index (χ1v) is 8.60. The normalized spacial score (nSPS) is 10.1. The fraction of sp³-hybridized carbons (Fsp3) is 0.250. The van der Waals surface area contributed by atoms with Gasteiger partial charge < -0.3 is 20.5 Å². The highest BCUT2D eigenvalue weighted by Gasteiger charge is 2.13. The molecule has 142 valence electrons. The van der Waals surface area contributed by atoms with Crippen LogP contribution in [0, 0.1) is 0 Å². The standard InChI is InChI=1S/C20H22N2O5/c1-2-27-17-9-4-3-8-16(17)19(24)22-13-18(23)21-11-10-14-6-5-7-15(12-14)20(25)26/h3-9,12H,2,10-11,13H2,1H3,(H,21,23)(H,22,24)(H,25,26). The van der Waals surface area contributed by atoms with Crippen molar-refractivity contribution in [1.82, 2.24) is 10.6 Å². The summed E-state index contributed by atoms with van der Waals surface area (Å²) in [5.74, 6) is -1.23. The lowest BCUT2D eigenvalue weighted by atomic mass is 10.1. The number of aromatic carboxylic acids is 1. The van der Waals surface area contributed by atoms with E-state index in [9.17, 15) is 14.4 Å². The number of carboxylic acid groups (broad SMARTS) is 1. The van der Waals surface area contributed by atoms with Gasteiger partial charge in [0.2, 0.25) is 5.91 Å². The molecule has 0 unspecified atom stereocenters. The zero-order chi connectivity index (χ0) is 19.6. The van der Waals surface area contributed by atoms with E-state index in [1.807, 2.05) is 6.92 Å². The SMILES string of the molecule is CCOc1ccccc1C(=O)NCC(=O)NCCc1cccc(C(=O)O)c1. The number of hydrogen-bond donors (Lipinski definition) is 3. The molecule has 0 radical (unpaired) electrons. The van der Waals surface area contributed by atoms with Gasteiger partial charge in [-0.3, -0.25) is 9.59 Å². The summed E-state index contributed by atoms with van der Waals surface area (Å²) in [4.78, 5) is 35.1. The average molecular weight is 370 g/mol. The van der Waals surface area contributed by atoms with E-state index < -0.39 is 5.97 Å². The fourth-order valence-corrected chi connectivity index (χ4v) is 2.46. The quantitative estimate of drug-likeness (QED) is 0.625. The number of carbonyl (C=O) groups is 3. The Labute approximate surface area is 157 Å². The van der Waals surface area contributed by atoms with Crippen LogP contribution in [-0.4, -0.2) is 42.6 Å². The van der Waals surface area contributed by atoms with Crippen LogP contribution >= 0.6 is 0 Å². The van der Waals surface area contributed by atoms with E-state index in [2.05, 4.69) is 10.6 Å². The molecule has 7 nitrogen and oxygen atoms in total. The van der Waals surface area contributed by atoms with Crippen LogP contribution in [0.15, 0.2) is 48.5 Å². The molecule has 0 fully saturated rings. The molecule has 0 aliphatic heterocycles. The number of benzene rings is 2. The Bertz CT molecular complexity index is 820. The van der Waals surface area contributed by atoms with Gasteiger partial charge in [-0.1, -0.05) is 24.3 Å². The Kier molecular flexibility index (Phi) is 7.37. The van der Waals surface area contributed by atoms with Gasteiger partial charge in [0.15, 0.2) is 0 Å². The van der Waals surface area contributed by atoms with Crippen LogP contribution in [-0.2, 0) is 11.2 Å². The van der Waals surface area contributed by atoms with Crippen molar-refractivity contribution in [3.05, 3.63) is 65.2 Å². The molecular formula is C20H22N2O5. The molecule has 3 N–H and O–H groups in total. The van der Waals surface area contributed by atoms with Crippen LogP contribution in [0.25, 0.3) is 0 Å². The third kappa shape index (κ3) is 6.14. The van der Waals surface area contributed by atoms with Crippen molar-refractivity contribution < 1.29 is 24.2 Å². The molecule has 0 heterocycles. The van der Waals surface area contributed by atoms with Gasteiger partial charge in [-0.15, -0.1) is 0 Å². The Morgan fingerprint density at radius 2 is 1.81 bits per heavy atom. The summed E-state index contributed by atoms with van der Waals surface area (Å²) in [5.41, 5.74) is 1.39. The van der Waals surface area contributed by atoms with Gasteiger partial charge in [0.25, 0.3) is 5.91 Å². The summed E-state index contributed by atoms with van der Waals surface area (Å²) < 4.78 is 5.40. The third-order valence-electron chi connectivity index (χ3n) is 3.75. The predicted octanol–water partition coefficient (Wildman–Crippen LogP) is 1.87. The van der Waals surface area contributed by atoms with Gasteiger partial charge in [-0.25, -0.2) is 4.79 Å². The van der Waals surface area contributed by atoms with E-state index in [0.29, 0.717) is 30.9 Å². The van der Waals surface area contributed by atoms with Crippen LogP contribution in [0.5, 0.6) is 5.75 Å². The fourth-order valence-electron chi connectivity index (χ4n) is 2.46. The van der Waals surface area contributed by atoms with Crippen LogP contribution in [0.4, 0.5) is 0 Å². The van der Waals surface area contributed by atoms with E-state index in [-0.39, 0.29) is 23.9 Å². The van der Waals surface area contributed by atoms with E-state index in [4.69, 9.17) is 9.84 Å². The molecule has 2 aromatic rings. The second-order valence-corrected chi connectivity index (χ2v) is 5.72. The number of nitrogens with one attached hydrogen (secondary N) is 2. The second kappa shape index (κ2) is 9.96. The summed E-state index contributed by atoms with van der Waals surface area (Å²) in [5, 5.41) is 14.2. The average Bonchev–Trinajstić information content (AvgIpc) is 2.67. The van der Waals surface area contributed by atoms with Gasteiger partial charge >= 0.3 is 5.97 Å². The molecule has 0 saturated carbocycles. The van der Waals surface area contributed by atoms with Crippen molar-refractivity contribution in [1.29, 1.82) is 0 Å². The van der Waals surface area contributed by atoms with E-state index in [1.54, 1.807) is 42.5 Å². The Balaban J connectivity index is 1.79. The lowest BCUT2D eigenvalue weighted by Gasteiger charge is -2.10. The monoisotopic (exact) mass is 370 g/mol. The first-order chi connectivity index (χ1) is 13.0.